The first-order valence-electron chi connectivity index (χ1n) is 6.34. The van der Waals surface area contributed by atoms with Gasteiger partial charge in [-0.2, -0.15) is 0 Å². The zero-order valence-corrected chi connectivity index (χ0v) is 15.0. The van der Waals surface area contributed by atoms with Gasteiger partial charge in [0, 0.05) is 17.2 Å². The summed E-state index contributed by atoms with van der Waals surface area (Å²) in [4.78, 5) is 16.9. The highest BCUT2D eigenvalue weighted by Gasteiger charge is 2.22. The van der Waals surface area contributed by atoms with Crippen LogP contribution >= 0.6 is 35.3 Å². The number of carbonyl (C=O) groups is 1. The summed E-state index contributed by atoms with van der Waals surface area (Å²) >= 11 is 7.57. The summed E-state index contributed by atoms with van der Waals surface area (Å²) < 4.78 is 23.4. The topological polar surface area (TPSA) is 76.1 Å². The predicted molar refractivity (Wildman–Crippen MR) is 97.0 cm³/mol. The quantitative estimate of drug-likeness (QED) is 0.650. The molecule has 1 saturated heterocycles. The predicted octanol–water partition coefficient (Wildman–Crippen LogP) is 2.70. The fraction of sp³-hybridized carbons (Fsp3) is 0.0714. The number of hydrogen-bond donors (Lipinski definition) is 1. The number of amides is 1. The fourth-order valence-electron chi connectivity index (χ4n) is 1.89. The van der Waals surface area contributed by atoms with E-state index < -0.39 is 9.84 Å². The van der Waals surface area contributed by atoms with E-state index in [2.05, 4.69) is 10.3 Å². The molecule has 9 heteroatoms. The van der Waals surface area contributed by atoms with E-state index in [1.165, 1.54) is 29.4 Å². The molecule has 5 nitrogen and oxygen atoms in total. The Morgan fingerprint density at radius 2 is 1.96 bits per heavy atom. The second-order valence-corrected chi connectivity index (χ2v) is 9.32. The summed E-state index contributed by atoms with van der Waals surface area (Å²) in [7, 11) is -3.21. The molecule has 118 valence electrons. The zero-order chi connectivity index (χ0) is 16.6. The summed E-state index contributed by atoms with van der Waals surface area (Å²) in [5, 5.41) is 5.14. The van der Waals surface area contributed by atoms with Crippen molar-refractivity contribution in [2.45, 2.75) is 4.90 Å². The molecule has 0 unspecified atom stereocenters. The van der Waals surface area contributed by atoms with E-state index in [4.69, 9.17) is 12.2 Å². The monoisotopic (exact) mass is 382 g/mol. The summed E-state index contributed by atoms with van der Waals surface area (Å²) in [6, 6.07) is 6.56. The van der Waals surface area contributed by atoms with Gasteiger partial charge in [0.15, 0.2) is 9.84 Å². The maximum Gasteiger partial charge on any atom is 0.263 e. The van der Waals surface area contributed by atoms with Crippen LogP contribution < -0.4 is 5.32 Å². The molecule has 2 aromatic rings. The number of nitrogens with one attached hydrogen (secondary N) is 1. The Balaban J connectivity index is 1.86. The van der Waals surface area contributed by atoms with Gasteiger partial charge >= 0.3 is 0 Å². The lowest BCUT2D eigenvalue weighted by molar-refractivity contribution is -0.115. The first-order valence-corrected chi connectivity index (χ1v) is 10.3. The van der Waals surface area contributed by atoms with Crippen LogP contribution in [-0.4, -0.2) is 29.9 Å². The van der Waals surface area contributed by atoms with E-state index in [1.54, 1.807) is 30.3 Å². The van der Waals surface area contributed by atoms with Gasteiger partial charge in [-0.25, -0.2) is 13.4 Å². The molecule has 0 aliphatic carbocycles. The van der Waals surface area contributed by atoms with Crippen molar-refractivity contribution in [1.82, 2.24) is 10.3 Å². The molecular formula is C14H10N2O3S4. The van der Waals surface area contributed by atoms with Crippen molar-refractivity contribution < 1.29 is 13.2 Å². The summed E-state index contributed by atoms with van der Waals surface area (Å²) in [6.45, 7) is 0. The Kier molecular flexibility index (Phi) is 4.37. The Morgan fingerprint density at radius 3 is 2.52 bits per heavy atom. The largest absolute Gasteiger partial charge is 0.307 e. The lowest BCUT2D eigenvalue weighted by Crippen LogP contribution is -2.17. The Hall–Kier alpha value is -1.55. The normalized spacial score (nSPS) is 16.8. The Morgan fingerprint density at radius 1 is 1.26 bits per heavy atom. The molecule has 1 aromatic heterocycles. The average molecular weight is 383 g/mol. The number of benzene rings is 1. The highest BCUT2D eigenvalue weighted by atomic mass is 32.2. The van der Waals surface area contributed by atoms with Gasteiger partial charge in [-0.05, 0) is 18.2 Å². The van der Waals surface area contributed by atoms with Crippen LogP contribution in [-0.2, 0) is 14.6 Å². The van der Waals surface area contributed by atoms with E-state index in [1.807, 2.05) is 5.38 Å². The number of thiocarbonyl (C=S) groups is 1. The molecule has 0 atom stereocenters. The molecular weight excluding hydrogens is 372 g/mol. The zero-order valence-electron chi connectivity index (χ0n) is 11.8. The molecule has 0 spiro atoms. The van der Waals surface area contributed by atoms with Crippen molar-refractivity contribution in [3.8, 4) is 10.6 Å². The number of carbonyl (C=O) groups excluding carboxylic acids is 1. The highest BCUT2D eigenvalue weighted by molar-refractivity contribution is 8.26. The van der Waals surface area contributed by atoms with Crippen LogP contribution in [0.25, 0.3) is 16.6 Å². The molecule has 3 rings (SSSR count). The van der Waals surface area contributed by atoms with Crippen LogP contribution in [0.4, 0.5) is 0 Å². The molecule has 23 heavy (non-hydrogen) atoms. The van der Waals surface area contributed by atoms with E-state index in [9.17, 15) is 13.2 Å². The standard InChI is InChI=1S/C14H10N2O3S4/c1-23(18,19)10-4-2-8(3-5-10)13-15-9(7-21-13)6-11-12(17)16-14(20)22-11/h2-7H,1H3,(H,16,17,20)/b11-6-. The van der Waals surface area contributed by atoms with Crippen molar-refractivity contribution in [2.75, 3.05) is 6.26 Å². The number of sulfone groups is 1. The van der Waals surface area contributed by atoms with Crippen molar-refractivity contribution in [3.05, 3.63) is 40.2 Å². The number of aromatic nitrogens is 1. The molecule has 0 radical (unpaired) electrons. The van der Waals surface area contributed by atoms with Gasteiger partial charge in [0.25, 0.3) is 5.91 Å². The molecule has 1 aliphatic rings. The summed E-state index contributed by atoms with van der Waals surface area (Å²) in [5.41, 5.74) is 1.49. The van der Waals surface area contributed by atoms with Gasteiger partial charge in [-0.1, -0.05) is 36.1 Å². The van der Waals surface area contributed by atoms with Gasteiger partial charge in [0.05, 0.1) is 15.5 Å². The van der Waals surface area contributed by atoms with Crippen LogP contribution in [0.5, 0.6) is 0 Å². The van der Waals surface area contributed by atoms with Crippen LogP contribution in [0, 0.1) is 0 Å². The van der Waals surface area contributed by atoms with Crippen LogP contribution in [0.15, 0.2) is 39.4 Å². The van der Waals surface area contributed by atoms with Crippen LogP contribution in [0.2, 0.25) is 0 Å². The molecule has 0 bridgehead atoms. The van der Waals surface area contributed by atoms with Gasteiger partial charge in [-0.3, -0.25) is 4.79 Å². The lowest BCUT2D eigenvalue weighted by Gasteiger charge is -1.99. The third-order valence-corrected chi connectivity index (χ3v) is 6.17. The summed E-state index contributed by atoms with van der Waals surface area (Å²) in [6.07, 6.45) is 2.86. The number of hydrogen-bond acceptors (Lipinski definition) is 7. The minimum atomic E-state index is -3.21. The van der Waals surface area contributed by atoms with Crippen LogP contribution in [0.1, 0.15) is 5.69 Å². The Labute approximate surface area is 146 Å². The van der Waals surface area contributed by atoms with Gasteiger partial charge in [0.2, 0.25) is 0 Å². The van der Waals surface area contributed by atoms with Crippen molar-refractivity contribution in [2.24, 2.45) is 0 Å². The third kappa shape index (κ3) is 3.69. The number of thioether (sulfide) groups is 1. The van der Waals surface area contributed by atoms with E-state index >= 15 is 0 Å². The minimum absolute atomic E-state index is 0.216. The van der Waals surface area contributed by atoms with Crippen molar-refractivity contribution in [1.29, 1.82) is 0 Å². The number of thiazole rings is 1. The summed E-state index contributed by atoms with van der Waals surface area (Å²) in [5.74, 6) is -0.216. The van der Waals surface area contributed by atoms with Gasteiger partial charge in [0.1, 0.15) is 9.33 Å². The van der Waals surface area contributed by atoms with Crippen molar-refractivity contribution >= 4 is 61.5 Å². The van der Waals surface area contributed by atoms with Crippen LogP contribution in [0.3, 0.4) is 0 Å². The molecule has 1 N–H and O–H groups in total. The first kappa shape index (κ1) is 16.3. The molecule has 1 amide bonds. The minimum Gasteiger partial charge on any atom is -0.307 e. The smallest absolute Gasteiger partial charge is 0.263 e. The van der Waals surface area contributed by atoms with E-state index in [0.717, 1.165) is 10.6 Å². The number of nitrogens with zero attached hydrogens (tertiary/aromatic N) is 1. The molecule has 0 saturated carbocycles. The highest BCUT2D eigenvalue weighted by Crippen LogP contribution is 2.29. The third-order valence-electron chi connectivity index (χ3n) is 2.97. The lowest BCUT2D eigenvalue weighted by atomic mass is 10.2. The molecule has 1 fully saturated rings. The van der Waals surface area contributed by atoms with Gasteiger partial charge in [-0.15, -0.1) is 11.3 Å². The molecule has 1 aromatic carbocycles. The number of rotatable bonds is 3. The SMILES string of the molecule is CS(=O)(=O)c1ccc(-c2nc(/C=C3\SC(=S)NC3=O)cs2)cc1. The maximum absolute atomic E-state index is 11.6. The second-order valence-electron chi connectivity index (χ2n) is 4.73. The van der Waals surface area contributed by atoms with Crippen molar-refractivity contribution in [3.63, 3.8) is 0 Å². The van der Waals surface area contributed by atoms with Gasteiger partial charge < -0.3 is 5.32 Å². The van der Waals surface area contributed by atoms with E-state index in [0.29, 0.717) is 14.9 Å². The first-order chi connectivity index (χ1) is 10.8. The average Bonchev–Trinajstić information content (AvgIpc) is 3.06. The fourth-order valence-corrected chi connectivity index (χ4v) is 4.33. The second kappa shape index (κ2) is 6.16. The molecule has 1 aliphatic heterocycles. The van der Waals surface area contributed by atoms with E-state index in [-0.39, 0.29) is 10.8 Å². The Bertz CT molecular complexity index is 927. The molecule has 2 heterocycles. The maximum atomic E-state index is 11.6.